The monoisotopic (exact) mass is 320 g/mol. The van der Waals surface area contributed by atoms with Crippen LogP contribution in [0, 0.1) is 0 Å². The van der Waals surface area contributed by atoms with Crippen molar-refractivity contribution >= 4 is 16.8 Å². The zero-order chi connectivity index (χ0) is 16.9. The normalized spacial score (nSPS) is 11.0. The van der Waals surface area contributed by atoms with Crippen LogP contribution < -0.4 is 5.32 Å². The Morgan fingerprint density at radius 1 is 1.08 bits per heavy atom. The second-order valence-corrected chi connectivity index (χ2v) is 5.85. The summed E-state index contributed by atoms with van der Waals surface area (Å²) in [5.41, 5.74) is 2.87. The van der Waals surface area contributed by atoms with Crippen LogP contribution in [-0.2, 0) is 0 Å². The van der Waals surface area contributed by atoms with Crippen LogP contribution in [0.1, 0.15) is 10.4 Å². The van der Waals surface area contributed by atoms with Gasteiger partial charge in [0.15, 0.2) is 0 Å². The second-order valence-electron chi connectivity index (χ2n) is 5.85. The summed E-state index contributed by atoms with van der Waals surface area (Å²) in [6, 6.07) is 15.2. The van der Waals surface area contributed by atoms with Gasteiger partial charge in [0.25, 0.3) is 5.91 Å². The van der Waals surface area contributed by atoms with Crippen LogP contribution in [0.3, 0.4) is 0 Å². The number of carbonyl (C=O) groups excluding carboxylic acids is 1. The van der Waals surface area contributed by atoms with E-state index in [9.17, 15) is 4.79 Å². The minimum absolute atomic E-state index is 0.0902. The van der Waals surface area contributed by atoms with Crippen LogP contribution in [-0.4, -0.2) is 48.0 Å². The highest BCUT2D eigenvalue weighted by Gasteiger charge is 2.14. The van der Waals surface area contributed by atoms with Crippen LogP contribution in [0.2, 0.25) is 0 Å². The Morgan fingerprint density at radius 3 is 2.62 bits per heavy atom. The second kappa shape index (κ2) is 7.19. The molecule has 0 aliphatic heterocycles. The molecule has 2 aromatic heterocycles. The van der Waals surface area contributed by atoms with Gasteiger partial charge in [0.05, 0.1) is 22.5 Å². The Labute approximate surface area is 141 Å². The Morgan fingerprint density at radius 2 is 1.88 bits per heavy atom. The maximum absolute atomic E-state index is 12.6. The smallest absolute Gasteiger partial charge is 0.252 e. The molecular weight excluding hydrogens is 300 g/mol. The summed E-state index contributed by atoms with van der Waals surface area (Å²) in [5, 5.41) is 3.82. The van der Waals surface area contributed by atoms with Crippen LogP contribution in [0.4, 0.5) is 0 Å². The molecular formula is C19H20N4O. The number of carbonyl (C=O) groups is 1. The Bertz CT molecular complexity index is 846. The number of likely N-dealkylation sites (N-methyl/N-ethyl adjacent to an activating group) is 1. The van der Waals surface area contributed by atoms with Crippen molar-refractivity contribution in [1.29, 1.82) is 0 Å². The van der Waals surface area contributed by atoms with E-state index in [2.05, 4.69) is 15.3 Å². The minimum atomic E-state index is -0.0902. The number of aromatic nitrogens is 2. The Balaban J connectivity index is 2.00. The molecule has 2 heterocycles. The van der Waals surface area contributed by atoms with Gasteiger partial charge in [-0.2, -0.15) is 0 Å². The molecule has 0 bridgehead atoms. The lowest BCUT2D eigenvalue weighted by molar-refractivity contribution is 0.0952. The van der Waals surface area contributed by atoms with E-state index in [1.54, 1.807) is 6.20 Å². The van der Waals surface area contributed by atoms with Gasteiger partial charge in [-0.15, -0.1) is 0 Å². The number of nitrogens with zero attached hydrogens (tertiary/aromatic N) is 3. The Hall–Kier alpha value is -2.79. The summed E-state index contributed by atoms with van der Waals surface area (Å²) >= 11 is 0. The summed E-state index contributed by atoms with van der Waals surface area (Å²) < 4.78 is 0. The molecule has 0 aliphatic carbocycles. The first-order chi connectivity index (χ1) is 11.6. The molecule has 1 N–H and O–H groups in total. The number of para-hydroxylation sites is 1. The van der Waals surface area contributed by atoms with Crippen molar-refractivity contribution in [2.45, 2.75) is 0 Å². The third-order valence-electron chi connectivity index (χ3n) is 3.73. The van der Waals surface area contributed by atoms with Crippen molar-refractivity contribution in [2.24, 2.45) is 0 Å². The number of amides is 1. The van der Waals surface area contributed by atoms with Gasteiger partial charge in [0.2, 0.25) is 0 Å². The SMILES string of the molecule is CN(C)CCNC(=O)c1cc(-c2ccccn2)nc2ccccc12. The summed E-state index contributed by atoms with van der Waals surface area (Å²) in [6.07, 6.45) is 1.73. The zero-order valence-electron chi connectivity index (χ0n) is 13.9. The summed E-state index contributed by atoms with van der Waals surface area (Å²) in [6.45, 7) is 1.39. The van der Waals surface area contributed by atoms with Crippen LogP contribution in [0.15, 0.2) is 54.7 Å². The predicted octanol–water partition coefficient (Wildman–Crippen LogP) is 2.59. The standard InChI is InChI=1S/C19H20N4O/c1-23(2)12-11-21-19(24)15-13-18(17-9-5-6-10-20-17)22-16-8-4-3-7-14(15)16/h3-10,13H,11-12H2,1-2H3,(H,21,24). The molecule has 0 spiro atoms. The van der Waals surface area contributed by atoms with E-state index in [-0.39, 0.29) is 5.91 Å². The molecule has 0 saturated heterocycles. The molecule has 5 nitrogen and oxygen atoms in total. The first-order valence-corrected chi connectivity index (χ1v) is 7.89. The first kappa shape index (κ1) is 16.1. The van der Waals surface area contributed by atoms with Crippen molar-refractivity contribution in [3.05, 3.63) is 60.3 Å². The fourth-order valence-electron chi connectivity index (χ4n) is 2.50. The van der Waals surface area contributed by atoms with Crippen molar-refractivity contribution in [3.63, 3.8) is 0 Å². The average Bonchev–Trinajstić information content (AvgIpc) is 2.61. The lowest BCUT2D eigenvalue weighted by Gasteiger charge is -2.12. The van der Waals surface area contributed by atoms with Crippen LogP contribution in [0.25, 0.3) is 22.3 Å². The third-order valence-corrected chi connectivity index (χ3v) is 3.73. The lowest BCUT2D eigenvalue weighted by Crippen LogP contribution is -2.31. The summed E-state index contributed by atoms with van der Waals surface area (Å²) in [7, 11) is 3.96. The largest absolute Gasteiger partial charge is 0.351 e. The van der Waals surface area contributed by atoms with E-state index in [1.807, 2.05) is 67.5 Å². The average molecular weight is 320 g/mol. The van der Waals surface area contributed by atoms with Gasteiger partial charge >= 0.3 is 0 Å². The van der Waals surface area contributed by atoms with Crippen molar-refractivity contribution in [2.75, 3.05) is 27.2 Å². The molecule has 24 heavy (non-hydrogen) atoms. The fourth-order valence-corrected chi connectivity index (χ4v) is 2.50. The molecule has 1 amide bonds. The molecule has 0 radical (unpaired) electrons. The Kier molecular flexibility index (Phi) is 4.82. The third kappa shape index (κ3) is 3.58. The number of pyridine rings is 2. The predicted molar refractivity (Wildman–Crippen MR) is 95.9 cm³/mol. The molecule has 0 aliphatic rings. The zero-order valence-corrected chi connectivity index (χ0v) is 13.9. The molecule has 0 unspecified atom stereocenters. The maximum Gasteiger partial charge on any atom is 0.252 e. The quantitative estimate of drug-likeness (QED) is 0.785. The summed E-state index contributed by atoms with van der Waals surface area (Å²) in [4.78, 5) is 23.7. The van der Waals surface area contributed by atoms with Crippen molar-refractivity contribution in [1.82, 2.24) is 20.2 Å². The van der Waals surface area contributed by atoms with Crippen molar-refractivity contribution < 1.29 is 4.79 Å². The van der Waals surface area contributed by atoms with E-state index in [4.69, 9.17) is 0 Å². The molecule has 5 heteroatoms. The fraction of sp³-hybridized carbons (Fsp3) is 0.211. The number of hydrogen-bond acceptors (Lipinski definition) is 4. The molecule has 0 fully saturated rings. The molecule has 1 aromatic carbocycles. The number of nitrogens with one attached hydrogen (secondary N) is 1. The summed E-state index contributed by atoms with van der Waals surface area (Å²) in [5.74, 6) is -0.0902. The maximum atomic E-state index is 12.6. The van der Waals surface area contributed by atoms with Crippen LogP contribution in [0.5, 0.6) is 0 Å². The van der Waals surface area contributed by atoms with Gasteiger partial charge in [0, 0.05) is 24.7 Å². The van der Waals surface area contributed by atoms with Gasteiger partial charge in [-0.3, -0.25) is 9.78 Å². The number of benzene rings is 1. The van der Waals surface area contributed by atoms with Gasteiger partial charge in [-0.1, -0.05) is 24.3 Å². The van der Waals surface area contributed by atoms with Gasteiger partial charge in [0.1, 0.15) is 0 Å². The molecule has 3 aromatic rings. The van der Waals surface area contributed by atoms with Gasteiger partial charge in [-0.05, 0) is 38.4 Å². The van der Waals surface area contributed by atoms with E-state index in [0.717, 1.165) is 23.1 Å². The van der Waals surface area contributed by atoms with Crippen molar-refractivity contribution in [3.8, 4) is 11.4 Å². The van der Waals surface area contributed by atoms with Gasteiger partial charge in [-0.25, -0.2) is 4.98 Å². The van der Waals surface area contributed by atoms with E-state index >= 15 is 0 Å². The number of hydrogen-bond donors (Lipinski definition) is 1. The van der Waals surface area contributed by atoms with Gasteiger partial charge < -0.3 is 10.2 Å². The molecule has 122 valence electrons. The van der Waals surface area contributed by atoms with Crippen LogP contribution >= 0.6 is 0 Å². The molecule has 0 atom stereocenters. The lowest BCUT2D eigenvalue weighted by atomic mass is 10.1. The molecule has 3 rings (SSSR count). The van der Waals surface area contributed by atoms with E-state index in [0.29, 0.717) is 17.8 Å². The number of fused-ring (bicyclic) bond motifs is 1. The molecule has 0 saturated carbocycles. The van der Waals surface area contributed by atoms with E-state index < -0.39 is 0 Å². The highest BCUT2D eigenvalue weighted by molar-refractivity contribution is 6.07. The minimum Gasteiger partial charge on any atom is -0.351 e. The first-order valence-electron chi connectivity index (χ1n) is 7.89. The topological polar surface area (TPSA) is 58.1 Å². The highest BCUT2D eigenvalue weighted by Crippen LogP contribution is 2.23. The van der Waals surface area contributed by atoms with E-state index in [1.165, 1.54) is 0 Å². The number of rotatable bonds is 5. The highest BCUT2D eigenvalue weighted by atomic mass is 16.1.